The Morgan fingerprint density at radius 2 is 1.82 bits per heavy atom. The van der Waals surface area contributed by atoms with Gasteiger partial charge < -0.3 is 19.7 Å². The fraction of sp³-hybridized carbons (Fsp3) is 0.379. The van der Waals surface area contributed by atoms with Crippen molar-refractivity contribution in [3.05, 3.63) is 75.2 Å². The van der Waals surface area contributed by atoms with Crippen molar-refractivity contribution < 1.29 is 19.4 Å². The summed E-state index contributed by atoms with van der Waals surface area (Å²) in [7, 11) is 0. The molecule has 4 heterocycles. The van der Waals surface area contributed by atoms with Crippen LogP contribution in [0.5, 0.6) is 0 Å². The standard InChI is InChI=1S/C29H30N4O5/c1-17-13-25-23(26-24(27(34)31-25)16-30-33(26)21-7-11-38-12-8-21)15-22(17)28(35)32-9-5-18(6-10-32)19-3-2-4-20(14-19)29(36)37/h2-4,13-16,18,21H,5-12H2,1H3,(H,31,34)(H,36,37). The molecule has 2 aliphatic heterocycles. The van der Waals surface area contributed by atoms with Gasteiger partial charge in [0.05, 0.1) is 34.2 Å². The Balaban J connectivity index is 1.31. The minimum Gasteiger partial charge on any atom is -0.478 e. The summed E-state index contributed by atoms with van der Waals surface area (Å²) in [6, 6.07) is 11.0. The van der Waals surface area contributed by atoms with Gasteiger partial charge in [-0.1, -0.05) is 12.1 Å². The summed E-state index contributed by atoms with van der Waals surface area (Å²) in [6.07, 6.45) is 4.82. The monoisotopic (exact) mass is 514 g/mol. The van der Waals surface area contributed by atoms with Crippen molar-refractivity contribution in [2.75, 3.05) is 26.3 Å². The molecule has 1 amide bonds. The van der Waals surface area contributed by atoms with Gasteiger partial charge in [0.2, 0.25) is 0 Å². The molecule has 2 aromatic carbocycles. The third-order valence-corrected chi connectivity index (χ3v) is 8.06. The number of carboxylic acids is 1. The lowest BCUT2D eigenvalue weighted by molar-refractivity contribution is 0.0675. The summed E-state index contributed by atoms with van der Waals surface area (Å²) >= 11 is 0. The Kier molecular flexibility index (Phi) is 6.23. The zero-order chi connectivity index (χ0) is 26.4. The van der Waals surface area contributed by atoms with Gasteiger partial charge in [-0.15, -0.1) is 0 Å². The van der Waals surface area contributed by atoms with Crippen LogP contribution >= 0.6 is 0 Å². The summed E-state index contributed by atoms with van der Waals surface area (Å²) in [5.41, 5.74) is 4.01. The number of carbonyl (C=O) groups excluding carboxylic acids is 1. The molecule has 0 bridgehead atoms. The number of aryl methyl sites for hydroxylation is 1. The number of H-pyrrole nitrogens is 1. The predicted molar refractivity (Wildman–Crippen MR) is 143 cm³/mol. The van der Waals surface area contributed by atoms with Crippen LogP contribution in [0.4, 0.5) is 0 Å². The van der Waals surface area contributed by atoms with Crippen LogP contribution < -0.4 is 5.56 Å². The first-order valence-corrected chi connectivity index (χ1v) is 13.1. The summed E-state index contributed by atoms with van der Waals surface area (Å²) in [5.74, 6) is -0.743. The first kappa shape index (κ1) is 24.4. The van der Waals surface area contributed by atoms with E-state index in [4.69, 9.17) is 4.74 Å². The average Bonchev–Trinajstić information content (AvgIpc) is 3.39. The zero-order valence-electron chi connectivity index (χ0n) is 21.3. The summed E-state index contributed by atoms with van der Waals surface area (Å²) in [4.78, 5) is 42.8. The van der Waals surface area contributed by atoms with Gasteiger partial charge in [0.1, 0.15) is 0 Å². The quantitative estimate of drug-likeness (QED) is 0.420. The van der Waals surface area contributed by atoms with E-state index in [9.17, 15) is 19.5 Å². The number of hydrogen-bond acceptors (Lipinski definition) is 5. The molecule has 0 atom stereocenters. The number of rotatable bonds is 4. The van der Waals surface area contributed by atoms with E-state index in [1.165, 1.54) is 0 Å². The zero-order valence-corrected chi connectivity index (χ0v) is 21.3. The third-order valence-electron chi connectivity index (χ3n) is 8.06. The van der Waals surface area contributed by atoms with E-state index in [1.807, 2.05) is 34.7 Å². The van der Waals surface area contributed by atoms with E-state index in [0.29, 0.717) is 42.8 Å². The summed E-state index contributed by atoms with van der Waals surface area (Å²) < 4.78 is 7.46. The summed E-state index contributed by atoms with van der Waals surface area (Å²) in [5, 5.41) is 15.2. The van der Waals surface area contributed by atoms with Crippen molar-refractivity contribution in [2.45, 2.75) is 44.6 Å². The third kappa shape index (κ3) is 4.26. The van der Waals surface area contributed by atoms with Crippen LogP contribution in [0.15, 0.2) is 47.4 Å². The Bertz CT molecular complexity index is 1610. The van der Waals surface area contributed by atoms with Gasteiger partial charge in [0.15, 0.2) is 0 Å². The Morgan fingerprint density at radius 3 is 2.55 bits per heavy atom. The highest BCUT2D eigenvalue weighted by Crippen LogP contribution is 2.32. The SMILES string of the molecule is Cc1cc2[nH]c(=O)c3cnn(C4CCOCC4)c3c2cc1C(=O)N1CCC(c2cccc(C(=O)O)c2)CC1. The number of fused-ring (bicyclic) bond motifs is 3. The van der Waals surface area contributed by atoms with Crippen molar-refractivity contribution in [2.24, 2.45) is 0 Å². The Labute approximate surface area is 219 Å². The molecule has 38 heavy (non-hydrogen) atoms. The molecule has 0 spiro atoms. The number of carbonyl (C=O) groups is 2. The number of pyridine rings is 1. The molecule has 2 saturated heterocycles. The minimum atomic E-state index is -0.931. The molecule has 0 aliphatic carbocycles. The number of likely N-dealkylation sites (tertiary alicyclic amines) is 1. The number of aromatic nitrogens is 3. The number of aromatic amines is 1. The predicted octanol–water partition coefficient (Wildman–Crippen LogP) is 4.26. The van der Waals surface area contributed by atoms with E-state index >= 15 is 0 Å². The molecule has 2 N–H and O–H groups in total. The normalized spacial score (nSPS) is 17.3. The molecule has 0 radical (unpaired) electrons. The largest absolute Gasteiger partial charge is 0.478 e. The number of carboxylic acid groups (broad SMARTS) is 1. The van der Waals surface area contributed by atoms with Crippen LogP contribution in [0.1, 0.15) is 69.5 Å². The molecule has 0 unspecified atom stereocenters. The first-order valence-electron chi connectivity index (χ1n) is 13.1. The number of aromatic carboxylic acids is 1. The van der Waals surface area contributed by atoms with E-state index < -0.39 is 5.97 Å². The second-order valence-corrected chi connectivity index (χ2v) is 10.4. The smallest absolute Gasteiger partial charge is 0.335 e. The average molecular weight is 515 g/mol. The number of amides is 1. The van der Waals surface area contributed by atoms with Crippen molar-refractivity contribution in [3.63, 3.8) is 0 Å². The van der Waals surface area contributed by atoms with E-state index in [1.54, 1.807) is 24.4 Å². The second kappa shape index (κ2) is 9.72. The number of ether oxygens (including phenoxy) is 1. The number of nitrogens with zero attached hydrogens (tertiary/aromatic N) is 3. The van der Waals surface area contributed by atoms with Gasteiger partial charge >= 0.3 is 5.97 Å². The molecule has 6 rings (SSSR count). The first-order chi connectivity index (χ1) is 18.4. The highest BCUT2D eigenvalue weighted by molar-refractivity contribution is 6.07. The van der Waals surface area contributed by atoms with Crippen molar-refractivity contribution in [3.8, 4) is 0 Å². The number of benzene rings is 2. The maximum absolute atomic E-state index is 13.7. The van der Waals surface area contributed by atoms with Gasteiger partial charge in [0, 0.05) is 37.3 Å². The molecular weight excluding hydrogens is 484 g/mol. The fourth-order valence-corrected chi connectivity index (χ4v) is 5.94. The van der Waals surface area contributed by atoms with Crippen LogP contribution in [0.3, 0.4) is 0 Å². The molecule has 2 aliphatic rings. The molecule has 9 nitrogen and oxygen atoms in total. The Hall–Kier alpha value is -3.98. The minimum absolute atomic E-state index is 0.0291. The number of hydrogen-bond donors (Lipinski definition) is 2. The lowest BCUT2D eigenvalue weighted by Gasteiger charge is -2.33. The van der Waals surface area contributed by atoms with Crippen LogP contribution in [-0.2, 0) is 4.74 Å². The number of nitrogens with one attached hydrogen (secondary N) is 1. The molecule has 196 valence electrons. The molecule has 2 aromatic heterocycles. The van der Waals surface area contributed by atoms with Crippen LogP contribution in [0, 0.1) is 6.92 Å². The summed E-state index contributed by atoms with van der Waals surface area (Å²) in [6.45, 7) is 4.41. The van der Waals surface area contributed by atoms with Crippen molar-refractivity contribution in [1.29, 1.82) is 0 Å². The molecule has 9 heteroatoms. The topological polar surface area (TPSA) is 118 Å². The fourth-order valence-electron chi connectivity index (χ4n) is 5.94. The molecule has 4 aromatic rings. The molecular formula is C29H30N4O5. The lowest BCUT2D eigenvalue weighted by Crippen LogP contribution is -2.38. The van der Waals surface area contributed by atoms with Gasteiger partial charge in [-0.05, 0) is 73.9 Å². The van der Waals surface area contributed by atoms with E-state index in [-0.39, 0.29) is 29.0 Å². The van der Waals surface area contributed by atoms with E-state index in [0.717, 1.165) is 47.7 Å². The highest BCUT2D eigenvalue weighted by Gasteiger charge is 2.27. The van der Waals surface area contributed by atoms with Gasteiger partial charge in [-0.25, -0.2) is 4.79 Å². The number of piperidine rings is 1. The van der Waals surface area contributed by atoms with Crippen LogP contribution in [-0.4, -0.2) is 63.0 Å². The van der Waals surface area contributed by atoms with Crippen LogP contribution in [0.25, 0.3) is 21.8 Å². The highest BCUT2D eigenvalue weighted by atomic mass is 16.5. The van der Waals surface area contributed by atoms with Crippen molar-refractivity contribution >= 4 is 33.7 Å². The maximum atomic E-state index is 13.7. The Morgan fingerprint density at radius 1 is 1.05 bits per heavy atom. The second-order valence-electron chi connectivity index (χ2n) is 10.4. The van der Waals surface area contributed by atoms with E-state index in [2.05, 4.69) is 10.1 Å². The molecule has 2 fully saturated rings. The van der Waals surface area contributed by atoms with Gasteiger partial charge in [0.25, 0.3) is 11.5 Å². The van der Waals surface area contributed by atoms with Crippen molar-refractivity contribution in [1.82, 2.24) is 19.7 Å². The maximum Gasteiger partial charge on any atom is 0.335 e. The van der Waals surface area contributed by atoms with Gasteiger partial charge in [-0.2, -0.15) is 5.10 Å². The molecule has 0 saturated carbocycles. The lowest BCUT2D eigenvalue weighted by atomic mass is 9.88. The van der Waals surface area contributed by atoms with Crippen LogP contribution in [0.2, 0.25) is 0 Å². The van der Waals surface area contributed by atoms with Gasteiger partial charge in [-0.3, -0.25) is 14.3 Å².